The Labute approximate surface area is 125 Å². The zero-order chi connectivity index (χ0) is 14.7. The zero-order valence-electron chi connectivity index (χ0n) is 12.7. The Bertz CT molecular complexity index is 695. The second-order valence-electron chi connectivity index (χ2n) is 5.67. The molecule has 4 heteroatoms. The van der Waals surface area contributed by atoms with Crippen LogP contribution < -0.4 is 5.32 Å². The van der Waals surface area contributed by atoms with E-state index in [1.807, 2.05) is 23.1 Å². The van der Waals surface area contributed by atoms with Crippen LogP contribution in [-0.4, -0.2) is 20.4 Å². The maximum absolute atomic E-state index is 4.27. The molecule has 0 unspecified atom stereocenters. The summed E-state index contributed by atoms with van der Waals surface area (Å²) in [6.45, 7) is 7.09. The van der Waals surface area contributed by atoms with E-state index < -0.39 is 0 Å². The van der Waals surface area contributed by atoms with Gasteiger partial charge in [-0.3, -0.25) is 4.68 Å². The first-order valence-electron chi connectivity index (χ1n) is 7.51. The minimum absolute atomic E-state index is 0.496. The van der Waals surface area contributed by atoms with Gasteiger partial charge in [0.2, 0.25) is 0 Å². The van der Waals surface area contributed by atoms with Crippen LogP contribution in [0.4, 0.5) is 0 Å². The quantitative estimate of drug-likeness (QED) is 0.754. The van der Waals surface area contributed by atoms with Gasteiger partial charge in [-0.05, 0) is 17.7 Å². The summed E-state index contributed by atoms with van der Waals surface area (Å²) in [7, 11) is 0. The van der Waals surface area contributed by atoms with Crippen LogP contribution in [0.15, 0.2) is 48.9 Å². The highest BCUT2D eigenvalue weighted by atomic mass is 15.3. The van der Waals surface area contributed by atoms with Crippen LogP contribution in [0.5, 0.6) is 0 Å². The lowest BCUT2D eigenvalue weighted by atomic mass is 10.2. The fraction of sp³-hybridized carbons (Fsp3) is 0.353. The summed E-state index contributed by atoms with van der Waals surface area (Å²) in [6, 6.07) is 11.1. The van der Waals surface area contributed by atoms with Crippen molar-refractivity contribution in [1.82, 2.24) is 19.7 Å². The molecule has 0 saturated heterocycles. The molecule has 0 amide bonds. The smallest absolute Gasteiger partial charge is 0.0588 e. The highest BCUT2D eigenvalue weighted by molar-refractivity contribution is 5.83. The van der Waals surface area contributed by atoms with E-state index in [0.29, 0.717) is 6.04 Å². The SMILES string of the molecule is CC(C)NCc1cn(CCn2cccn2)c2ccccc12. The van der Waals surface area contributed by atoms with Gasteiger partial charge >= 0.3 is 0 Å². The van der Waals surface area contributed by atoms with Crippen LogP contribution in [-0.2, 0) is 19.6 Å². The van der Waals surface area contributed by atoms with Gasteiger partial charge in [0.15, 0.2) is 0 Å². The van der Waals surface area contributed by atoms with Crippen molar-refractivity contribution in [1.29, 1.82) is 0 Å². The third-order valence-electron chi connectivity index (χ3n) is 3.70. The van der Waals surface area contributed by atoms with E-state index in [0.717, 1.165) is 19.6 Å². The number of nitrogens with zero attached hydrogens (tertiary/aromatic N) is 3. The fourth-order valence-electron chi connectivity index (χ4n) is 2.61. The van der Waals surface area contributed by atoms with Crippen molar-refractivity contribution in [3.05, 3.63) is 54.5 Å². The Morgan fingerprint density at radius 3 is 2.76 bits per heavy atom. The van der Waals surface area contributed by atoms with Gasteiger partial charge in [-0.2, -0.15) is 5.10 Å². The maximum atomic E-state index is 4.27. The summed E-state index contributed by atoms with van der Waals surface area (Å²) in [5.74, 6) is 0. The number of fused-ring (bicyclic) bond motifs is 1. The summed E-state index contributed by atoms with van der Waals surface area (Å²) in [5.41, 5.74) is 2.66. The molecule has 0 spiro atoms. The number of hydrogen-bond acceptors (Lipinski definition) is 2. The largest absolute Gasteiger partial charge is 0.345 e. The van der Waals surface area contributed by atoms with Gasteiger partial charge in [-0.25, -0.2) is 0 Å². The molecule has 0 radical (unpaired) electrons. The maximum Gasteiger partial charge on any atom is 0.0588 e. The van der Waals surface area contributed by atoms with Crippen molar-refractivity contribution in [2.75, 3.05) is 0 Å². The number of nitrogens with one attached hydrogen (secondary N) is 1. The van der Waals surface area contributed by atoms with Crippen molar-refractivity contribution in [3.8, 4) is 0 Å². The summed E-state index contributed by atoms with van der Waals surface area (Å²) in [4.78, 5) is 0. The van der Waals surface area contributed by atoms with Crippen LogP contribution >= 0.6 is 0 Å². The Balaban J connectivity index is 1.84. The molecule has 0 atom stereocenters. The Morgan fingerprint density at radius 1 is 1.14 bits per heavy atom. The Morgan fingerprint density at radius 2 is 2.00 bits per heavy atom. The molecule has 0 saturated carbocycles. The van der Waals surface area contributed by atoms with Crippen molar-refractivity contribution in [3.63, 3.8) is 0 Å². The van der Waals surface area contributed by atoms with Crippen LogP contribution in [0.2, 0.25) is 0 Å². The molecule has 21 heavy (non-hydrogen) atoms. The Kier molecular flexibility index (Phi) is 4.06. The predicted molar refractivity (Wildman–Crippen MR) is 86.1 cm³/mol. The van der Waals surface area contributed by atoms with E-state index in [9.17, 15) is 0 Å². The fourth-order valence-corrected chi connectivity index (χ4v) is 2.61. The topological polar surface area (TPSA) is 34.8 Å². The first kappa shape index (κ1) is 13.9. The predicted octanol–water partition coefficient (Wildman–Crippen LogP) is 3.04. The summed E-state index contributed by atoms with van der Waals surface area (Å²) >= 11 is 0. The molecule has 0 aliphatic carbocycles. The van der Waals surface area contributed by atoms with Gasteiger partial charge in [-0.1, -0.05) is 32.0 Å². The summed E-state index contributed by atoms with van der Waals surface area (Å²) in [5, 5.41) is 9.11. The third kappa shape index (κ3) is 3.16. The number of benzene rings is 1. The summed E-state index contributed by atoms with van der Waals surface area (Å²) < 4.78 is 4.30. The highest BCUT2D eigenvalue weighted by Gasteiger charge is 2.08. The molecule has 2 aromatic heterocycles. The first-order valence-corrected chi connectivity index (χ1v) is 7.51. The van der Waals surface area contributed by atoms with E-state index in [1.165, 1.54) is 16.5 Å². The number of rotatable bonds is 6. The first-order chi connectivity index (χ1) is 10.2. The van der Waals surface area contributed by atoms with E-state index in [1.54, 1.807) is 0 Å². The van der Waals surface area contributed by atoms with Gasteiger partial charge in [0.1, 0.15) is 0 Å². The van der Waals surface area contributed by atoms with Gasteiger partial charge in [0.05, 0.1) is 6.54 Å². The normalized spacial score (nSPS) is 11.6. The van der Waals surface area contributed by atoms with Gasteiger partial charge in [0.25, 0.3) is 0 Å². The third-order valence-corrected chi connectivity index (χ3v) is 3.70. The number of aromatic nitrogens is 3. The number of para-hydroxylation sites is 1. The van der Waals surface area contributed by atoms with E-state index in [2.05, 4.69) is 59.3 Å². The van der Waals surface area contributed by atoms with Crippen LogP contribution in [0.3, 0.4) is 0 Å². The molecular formula is C17H22N4. The molecule has 0 aliphatic rings. The average Bonchev–Trinajstić information content (AvgIpc) is 3.11. The van der Waals surface area contributed by atoms with Gasteiger partial charge < -0.3 is 9.88 Å². The number of aryl methyl sites for hydroxylation is 2. The summed E-state index contributed by atoms with van der Waals surface area (Å²) in [6.07, 6.45) is 6.10. The lowest BCUT2D eigenvalue weighted by Crippen LogP contribution is -2.21. The molecule has 0 aliphatic heterocycles. The molecule has 3 aromatic rings. The minimum Gasteiger partial charge on any atom is -0.345 e. The Hall–Kier alpha value is -2.07. The molecular weight excluding hydrogens is 260 g/mol. The molecule has 110 valence electrons. The molecule has 4 nitrogen and oxygen atoms in total. The van der Waals surface area contributed by atoms with Gasteiger partial charge in [0, 0.05) is 48.6 Å². The lowest BCUT2D eigenvalue weighted by molar-refractivity contribution is 0.540. The van der Waals surface area contributed by atoms with Gasteiger partial charge in [-0.15, -0.1) is 0 Å². The van der Waals surface area contributed by atoms with Crippen LogP contribution in [0, 0.1) is 0 Å². The molecule has 0 bridgehead atoms. The van der Waals surface area contributed by atoms with Crippen LogP contribution in [0.25, 0.3) is 10.9 Å². The second-order valence-corrected chi connectivity index (χ2v) is 5.67. The zero-order valence-corrected chi connectivity index (χ0v) is 12.7. The van der Waals surface area contributed by atoms with Crippen molar-refractivity contribution in [2.24, 2.45) is 0 Å². The van der Waals surface area contributed by atoms with Crippen molar-refractivity contribution < 1.29 is 0 Å². The highest BCUT2D eigenvalue weighted by Crippen LogP contribution is 2.21. The molecule has 1 aromatic carbocycles. The number of hydrogen-bond donors (Lipinski definition) is 1. The van der Waals surface area contributed by atoms with E-state index in [4.69, 9.17) is 0 Å². The monoisotopic (exact) mass is 282 g/mol. The molecule has 3 rings (SSSR count). The lowest BCUT2D eigenvalue weighted by Gasteiger charge is -2.06. The second kappa shape index (κ2) is 6.14. The molecule has 2 heterocycles. The van der Waals surface area contributed by atoms with E-state index >= 15 is 0 Å². The van der Waals surface area contributed by atoms with Crippen LogP contribution in [0.1, 0.15) is 19.4 Å². The average molecular weight is 282 g/mol. The molecule has 1 N–H and O–H groups in total. The van der Waals surface area contributed by atoms with Crippen molar-refractivity contribution in [2.45, 2.75) is 39.5 Å². The minimum atomic E-state index is 0.496. The standard InChI is InChI=1S/C17H22N4/c1-14(2)18-12-15-13-20(10-11-21-9-5-8-19-21)17-7-4-3-6-16(15)17/h3-9,13-14,18H,10-12H2,1-2H3. The van der Waals surface area contributed by atoms with Crippen molar-refractivity contribution >= 4 is 10.9 Å². The molecule has 0 fully saturated rings. The van der Waals surface area contributed by atoms with E-state index in [-0.39, 0.29) is 0 Å².